The van der Waals surface area contributed by atoms with Crippen molar-refractivity contribution in [1.82, 2.24) is 15.0 Å². The van der Waals surface area contributed by atoms with Crippen LogP contribution in [0.5, 0.6) is 0 Å². The summed E-state index contributed by atoms with van der Waals surface area (Å²) in [6.45, 7) is 0. The minimum Gasteiger partial charge on any atom is -0.455 e. The van der Waals surface area contributed by atoms with Crippen molar-refractivity contribution >= 4 is 65.4 Å². The molecule has 4 heteroatoms. The van der Waals surface area contributed by atoms with E-state index in [-0.39, 0.29) is 0 Å². The number of hydrogen-bond acceptors (Lipinski definition) is 4. The Morgan fingerprint density at radius 3 is 1.68 bits per heavy atom. The van der Waals surface area contributed by atoms with Gasteiger partial charge in [-0.1, -0.05) is 127 Å². The fourth-order valence-corrected chi connectivity index (χ4v) is 6.90. The Labute approximate surface area is 269 Å². The van der Waals surface area contributed by atoms with Crippen LogP contribution in [0.4, 0.5) is 0 Å². The standard InChI is InChI=1S/C43H25N3O/c1-2-9-27(10-3-1)35-24-21-30-18-19-31-22-25-36(45-41(31)40(30)44-35)28-14-16-29(17-15-28)39-38-33-12-6-7-13-37(33)47-43(38)34-23-20-26-8-4-5-11-32(26)42(34)46-39/h1-25H. The van der Waals surface area contributed by atoms with Gasteiger partial charge in [-0.25, -0.2) is 15.0 Å². The summed E-state index contributed by atoms with van der Waals surface area (Å²) in [5, 5.41) is 7.53. The predicted molar refractivity (Wildman–Crippen MR) is 193 cm³/mol. The molecular formula is C43H25N3O. The fraction of sp³-hybridized carbons (Fsp3) is 0. The van der Waals surface area contributed by atoms with Crippen LogP contribution < -0.4 is 0 Å². The van der Waals surface area contributed by atoms with Crippen molar-refractivity contribution in [3.63, 3.8) is 0 Å². The summed E-state index contributed by atoms with van der Waals surface area (Å²) in [6, 6.07) is 52.5. The predicted octanol–water partition coefficient (Wildman–Crippen LogP) is 11.4. The second kappa shape index (κ2) is 10.1. The van der Waals surface area contributed by atoms with E-state index >= 15 is 0 Å². The third kappa shape index (κ3) is 4.05. The van der Waals surface area contributed by atoms with E-state index in [2.05, 4.69) is 121 Å². The van der Waals surface area contributed by atoms with E-state index < -0.39 is 0 Å². The lowest BCUT2D eigenvalue weighted by molar-refractivity contribution is 0.672. The normalized spacial score (nSPS) is 11.8. The maximum atomic E-state index is 6.53. The van der Waals surface area contributed by atoms with Crippen molar-refractivity contribution in [2.45, 2.75) is 0 Å². The Morgan fingerprint density at radius 2 is 0.936 bits per heavy atom. The summed E-state index contributed by atoms with van der Waals surface area (Å²) < 4.78 is 6.53. The van der Waals surface area contributed by atoms with Crippen LogP contribution in [0.15, 0.2) is 156 Å². The van der Waals surface area contributed by atoms with E-state index in [1.807, 2.05) is 30.3 Å². The van der Waals surface area contributed by atoms with Gasteiger partial charge in [-0.2, -0.15) is 0 Å². The number of benzene rings is 6. The molecule has 0 saturated heterocycles. The molecule has 4 heterocycles. The van der Waals surface area contributed by atoms with E-state index in [4.69, 9.17) is 19.4 Å². The molecule has 0 spiro atoms. The van der Waals surface area contributed by atoms with Crippen LogP contribution in [0.3, 0.4) is 0 Å². The number of rotatable bonds is 3. The second-order valence-corrected chi connectivity index (χ2v) is 12.0. The topological polar surface area (TPSA) is 51.8 Å². The first-order valence-corrected chi connectivity index (χ1v) is 15.8. The number of pyridine rings is 3. The summed E-state index contributed by atoms with van der Waals surface area (Å²) in [6.07, 6.45) is 0. The van der Waals surface area contributed by atoms with Gasteiger partial charge >= 0.3 is 0 Å². The van der Waals surface area contributed by atoms with Crippen LogP contribution in [-0.4, -0.2) is 15.0 Å². The van der Waals surface area contributed by atoms with Crippen molar-refractivity contribution in [2.24, 2.45) is 0 Å². The van der Waals surface area contributed by atoms with E-state index in [1.54, 1.807) is 0 Å². The molecule has 218 valence electrons. The van der Waals surface area contributed by atoms with Gasteiger partial charge in [-0.05, 0) is 29.7 Å². The van der Waals surface area contributed by atoms with Gasteiger partial charge in [0, 0.05) is 43.6 Å². The van der Waals surface area contributed by atoms with Gasteiger partial charge in [0.1, 0.15) is 11.2 Å². The SMILES string of the molecule is c1ccc(-c2ccc3ccc4ccc(-c5ccc(-c6nc7c8ccccc8ccc7c7oc8ccccc8c67)cc5)nc4c3n2)cc1. The van der Waals surface area contributed by atoms with Crippen molar-refractivity contribution < 1.29 is 4.42 Å². The zero-order chi connectivity index (χ0) is 30.9. The third-order valence-corrected chi connectivity index (χ3v) is 9.24. The molecule has 0 N–H and O–H groups in total. The molecule has 4 nitrogen and oxygen atoms in total. The Kier molecular flexibility index (Phi) is 5.54. The summed E-state index contributed by atoms with van der Waals surface area (Å²) in [7, 11) is 0. The van der Waals surface area contributed by atoms with Crippen molar-refractivity contribution in [3.05, 3.63) is 152 Å². The molecule has 0 radical (unpaired) electrons. The highest BCUT2D eigenvalue weighted by Gasteiger charge is 2.19. The molecule has 0 aliphatic rings. The van der Waals surface area contributed by atoms with Crippen molar-refractivity contribution in [1.29, 1.82) is 0 Å². The van der Waals surface area contributed by atoms with E-state index in [0.717, 1.165) is 99.2 Å². The minimum atomic E-state index is 0.861. The quantitative estimate of drug-likeness (QED) is 0.190. The summed E-state index contributed by atoms with van der Waals surface area (Å²) in [5.74, 6) is 0. The lowest BCUT2D eigenvalue weighted by Crippen LogP contribution is -1.92. The number of aromatic nitrogens is 3. The van der Waals surface area contributed by atoms with Crippen LogP contribution in [0, 0.1) is 0 Å². The average Bonchev–Trinajstić information content (AvgIpc) is 3.54. The number of nitrogens with zero attached hydrogens (tertiary/aromatic N) is 3. The van der Waals surface area contributed by atoms with Crippen LogP contribution >= 0.6 is 0 Å². The van der Waals surface area contributed by atoms with Crippen LogP contribution in [0.25, 0.3) is 99.2 Å². The highest BCUT2D eigenvalue weighted by Crippen LogP contribution is 2.41. The molecule has 47 heavy (non-hydrogen) atoms. The molecule has 0 bridgehead atoms. The molecule has 0 fully saturated rings. The third-order valence-electron chi connectivity index (χ3n) is 9.24. The Balaban J connectivity index is 1.14. The summed E-state index contributed by atoms with van der Waals surface area (Å²) in [4.78, 5) is 15.6. The fourth-order valence-electron chi connectivity index (χ4n) is 6.90. The molecule has 0 aliphatic carbocycles. The van der Waals surface area contributed by atoms with Crippen LogP contribution in [0.2, 0.25) is 0 Å². The van der Waals surface area contributed by atoms with Gasteiger partial charge in [0.05, 0.1) is 39.0 Å². The van der Waals surface area contributed by atoms with Crippen LogP contribution in [-0.2, 0) is 0 Å². The van der Waals surface area contributed by atoms with Gasteiger partial charge in [0.15, 0.2) is 0 Å². The van der Waals surface area contributed by atoms with E-state index in [9.17, 15) is 0 Å². The highest BCUT2D eigenvalue weighted by molar-refractivity contribution is 6.22. The lowest BCUT2D eigenvalue weighted by Gasteiger charge is -2.10. The first kappa shape index (κ1) is 25.9. The first-order valence-electron chi connectivity index (χ1n) is 15.8. The van der Waals surface area contributed by atoms with E-state index in [1.165, 1.54) is 0 Å². The molecule has 10 rings (SSSR count). The summed E-state index contributed by atoms with van der Waals surface area (Å²) in [5.41, 5.74) is 10.4. The number of furan rings is 1. The van der Waals surface area contributed by atoms with Gasteiger partial charge < -0.3 is 4.42 Å². The largest absolute Gasteiger partial charge is 0.455 e. The first-order chi connectivity index (χ1) is 23.3. The zero-order valence-corrected chi connectivity index (χ0v) is 25.2. The molecule has 0 unspecified atom stereocenters. The zero-order valence-electron chi connectivity index (χ0n) is 25.2. The molecule has 0 atom stereocenters. The Bertz CT molecular complexity index is 2840. The van der Waals surface area contributed by atoms with E-state index in [0.29, 0.717) is 0 Å². The molecule has 10 aromatic rings. The molecule has 0 amide bonds. The molecule has 4 aromatic heterocycles. The smallest absolute Gasteiger partial charge is 0.147 e. The number of fused-ring (bicyclic) bond motifs is 10. The molecule has 6 aromatic carbocycles. The van der Waals surface area contributed by atoms with Crippen LogP contribution in [0.1, 0.15) is 0 Å². The average molecular weight is 600 g/mol. The van der Waals surface area contributed by atoms with Gasteiger partial charge in [0.25, 0.3) is 0 Å². The van der Waals surface area contributed by atoms with Gasteiger partial charge in [-0.3, -0.25) is 0 Å². The van der Waals surface area contributed by atoms with Gasteiger partial charge in [0.2, 0.25) is 0 Å². The molecular weight excluding hydrogens is 574 g/mol. The minimum absolute atomic E-state index is 0.861. The summed E-state index contributed by atoms with van der Waals surface area (Å²) >= 11 is 0. The maximum Gasteiger partial charge on any atom is 0.147 e. The van der Waals surface area contributed by atoms with Gasteiger partial charge in [-0.15, -0.1) is 0 Å². The van der Waals surface area contributed by atoms with Crippen molar-refractivity contribution in [2.75, 3.05) is 0 Å². The molecule has 0 saturated carbocycles. The lowest BCUT2D eigenvalue weighted by atomic mass is 9.99. The number of para-hydroxylation sites is 1. The monoisotopic (exact) mass is 599 g/mol. The second-order valence-electron chi connectivity index (χ2n) is 12.0. The maximum absolute atomic E-state index is 6.53. The van der Waals surface area contributed by atoms with Crippen molar-refractivity contribution in [3.8, 4) is 33.8 Å². The number of hydrogen-bond donors (Lipinski definition) is 0. The Morgan fingerprint density at radius 1 is 0.362 bits per heavy atom. The Hall–Kier alpha value is -6.39. The molecule has 0 aliphatic heterocycles. The highest BCUT2D eigenvalue weighted by atomic mass is 16.3.